The molecule has 1 saturated heterocycles. The van der Waals surface area contributed by atoms with E-state index in [2.05, 4.69) is 0 Å². The van der Waals surface area contributed by atoms with Crippen molar-refractivity contribution >= 4 is 29.9 Å². The van der Waals surface area contributed by atoms with E-state index in [1.54, 1.807) is 0 Å². The summed E-state index contributed by atoms with van der Waals surface area (Å²) < 4.78 is 225. The predicted octanol–water partition coefficient (Wildman–Crippen LogP) is 1.13. The van der Waals surface area contributed by atoms with Crippen LogP contribution < -0.4 is 4.72 Å². The maximum Gasteiger partial charge on any atom is 0.511 e. The largest absolute Gasteiger partial charge is 0.511 e. The summed E-state index contributed by atoms with van der Waals surface area (Å²) in [5, 5.41) is -14.1. The van der Waals surface area contributed by atoms with Crippen LogP contribution >= 0.6 is 0 Å². The molecule has 1 N–H and O–H groups in total. The third-order valence-electron chi connectivity index (χ3n) is 4.26. The number of halogens is 12. The third kappa shape index (κ3) is 6.07. The van der Waals surface area contributed by atoms with Gasteiger partial charge in [0.25, 0.3) is 10.0 Å². The number of sulfone groups is 1. The van der Waals surface area contributed by atoms with Gasteiger partial charge in [-0.15, -0.1) is 0 Å². The van der Waals surface area contributed by atoms with Crippen molar-refractivity contribution in [1.82, 2.24) is 13.9 Å². The van der Waals surface area contributed by atoms with E-state index in [0.29, 0.717) is 4.90 Å². The van der Waals surface area contributed by atoms with Gasteiger partial charge in [0.2, 0.25) is 9.84 Å². The number of sulfonamides is 2. The molecule has 0 saturated carbocycles. The van der Waals surface area contributed by atoms with E-state index < -0.39 is 101 Å². The molecule has 1 aliphatic heterocycles. The van der Waals surface area contributed by atoms with Crippen LogP contribution in [0, 0.1) is 0 Å². The zero-order valence-corrected chi connectivity index (χ0v) is 18.8. The quantitative estimate of drug-likeness (QED) is 0.391. The summed E-state index contributed by atoms with van der Waals surface area (Å²) in [6.45, 7) is -6.30. The van der Waals surface area contributed by atoms with Gasteiger partial charge in [0.05, 0.1) is 6.54 Å². The summed E-state index contributed by atoms with van der Waals surface area (Å²) >= 11 is 0. The summed E-state index contributed by atoms with van der Waals surface area (Å²) in [6, 6.07) is 0. The van der Waals surface area contributed by atoms with E-state index in [1.165, 1.54) is 0 Å². The highest BCUT2D eigenvalue weighted by atomic mass is 32.2. The van der Waals surface area contributed by atoms with Crippen LogP contribution in [-0.2, 0) is 29.9 Å². The predicted molar refractivity (Wildman–Crippen MR) is 89.7 cm³/mol. The van der Waals surface area contributed by atoms with Gasteiger partial charge < -0.3 is 0 Å². The Hall–Kier alpha value is -1.11. The summed E-state index contributed by atoms with van der Waals surface area (Å²) in [7, 11) is -20.9. The van der Waals surface area contributed by atoms with Crippen molar-refractivity contribution in [3.05, 3.63) is 0 Å². The molecule has 1 aliphatic rings. The average molecular weight is 607 g/mol. The van der Waals surface area contributed by atoms with Crippen molar-refractivity contribution in [3.8, 4) is 0 Å². The first kappa shape index (κ1) is 31.9. The Morgan fingerprint density at radius 2 is 1.09 bits per heavy atom. The smallest absolute Gasteiger partial charge is 0.292 e. The molecule has 0 spiro atoms. The second-order valence-electron chi connectivity index (χ2n) is 6.76. The molecule has 210 valence electrons. The molecular formula is C11H13F12N3O6S3. The normalized spacial score (nSPS) is 19.2. The van der Waals surface area contributed by atoms with E-state index in [4.69, 9.17) is 0 Å². The van der Waals surface area contributed by atoms with Crippen LogP contribution in [0.5, 0.6) is 0 Å². The second-order valence-corrected chi connectivity index (χ2v) is 12.5. The molecule has 9 nitrogen and oxygen atoms in total. The van der Waals surface area contributed by atoms with Crippen molar-refractivity contribution in [2.45, 2.75) is 28.1 Å². The number of nitrogens with zero attached hydrogens (tertiary/aromatic N) is 2. The number of nitrogens with one attached hydrogen (secondary N) is 1. The summed E-state index contributed by atoms with van der Waals surface area (Å²) in [4.78, 5) is 0.453. The van der Waals surface area contributed by atoms with Crippen LogP contribution in [0.25, 0.3) is 0 Å². The van der Waals surface area contributed by atoms with E-state index >= 15 is 0 Å². The summed E-state index contributed by atoms with van der Waals surface area (Å²) in [6.07, 6.45) is -4.83. The van der Waals surface area contributed by atoms with Gasteiger partial charge in [-0.1, -0.05) is 0 Å². The molecule has 0 radical (unpaired) electrons. The Morgan fingerprint density at radius 3 is 1.46 bits per heavy atom. The van der Waals surface area contributed by atoms with Gasteiger partial charge >= 0.3 is 38.1 Å². The molecule has 0 amide bonds. The third-order valence-corrected chi connectivity index (χ3v) is 9.09. The van der Waals surface area contributed by atoms with E-state index in [0.717, 1.165) is 0 Å². The van der Waals surface area contributed by atoms with E-state index in [9.17, 15) is 77.9 Å². The first-order valence-electron chi connectivity index (χ1n) is 8.34. The maximum absolute atomic E-state index is 14.2. The zero-order chi connectivity index (χ0) is 28.1. The lowest BCUT2D eigenvalue weighted by atomic mass is 10.3. The van der Waals surface area contributed by atoms with Gasteiger partial charge in [-0.05, 0) is 0 Å². The Labute approximate surface area is 189 Å². The Bertz CT molecular complexity index is 1090. The minimum atomic E-state index is -7.40. The minimum Gasteiger partial charge on any atom is -0.292 e. The molecule has 24 heteroatoms. The van der Waals surface area contributed by atoms with Gasteiger partial charge in [-0.3, -0.25) is 4.90 Å². The highest BCUT2D eigenvalue weighted by Gasteiger charge is 2.82. The van der Waals surface area contributed by atoms with Crippen LogP contribution in [-0.4, -0.2) is 101 Å². The fourth-order valence-electron chi connectivity index (χ4n) is 2.40. The van der Waals surface area contributed by atoms with Gasteiger partial charge in [-0.2, -0.15) is 61.7 Å². The van der Waals surface area contributed by atoms with Crippen LogP contribution in [0.1, 0.15) is 0 Å². The lowest BCUT2D eigenvalue weighted by Gasteiger charge is -2.38. The molecule has 0 aromatic heterocycles. The van der Waals surface area contributed by atoms with Crippen molar-refractivity contribution in [2.24, 2.45) is 0 Å². The highest BCUT2D eigenvalue weighted by Crippen LogP contribution is 2.51. The fourth-order valence-corrected chi connectivity index (χ4v) is 5.99. The number of rotatable bonds is 9. The highest BCUT2D eigenvalue weighted by molar-refractivity contribution is 7.95. The number of piperazine rings is 1. The SMILES string of the molecule is O=S(=O)(CNS(=O)(=O)C(F)(F)F)C(F)(F)C(F)(F)C(F)(F)S(=O)(=O)N1CCN(CC(F)(F)F)CC1. The molecule has 35 heavy (non-hydrogen) atoms. The van der Waals surface area contributed by atoms with Gasteiger partial charge in [0, 0.05) is 26.2 Å². The van der Waals surface area contributed by atoms with Gasteiger partial charge in [0.15, 0.2) is 0 Å². The monoisotopic (exact) mass is 607 g/mol. The molecule has 0 aromatic rings. The minimum absolute atomic E-state index is 0.0618. The average Bonchev–Trinajstić information content (AvgIpc) is 2.64. The van der Waals surface area contributed by atoms with Crippen LogP contribution in [0.3, 0.4) is 0 Å². The Morgan fingerprint density at radius 1 is 0.657 bits per heavy atom. The fraction of sp³-hybridized carbons (Fsp3) is 1.00. The lowest BCUT2D eigenvalue weighted by molar-refractivity contribution is -0.245. The molecular weight excluding hydrogens is 594 g/mol. The standard InChI is InChI=1S/C11H13F12N3O6S3/c12-7(13,14)5-25-1-3-26(4-2-25)35(31,32)10(19,20)8(15,16)9(17,18)33(27,28)6-24-34(29,30)11(21,22)23/h24H,1-6H2. The van der Waals surface area contributed by atoms with Crippen LogP contribution in [0.15, 0.2) is 0 Å². The lowest BCUT2D eigenvalue weighted by Crippen LogP contribution is -2.65. The molecule has 1 heterocycles. The molecule has 0 bridgehead atoms. The molecule has 0 unspecified atom stereocenters. The molecule has 1 fully saturated rings. The van der Waals surface area contributed by atoms with Crippen LogP contribution in [0.2, 0.25) is 0 Å². The van der Waals surface area contributed by atoms with E-state index in [1.807, 2.05) is 0 Å². The maximum atomic E-state index is 14.2. The van der Waals surface area contributed by atoms with Crippen molar-refractivity contribution < 1.29 is 77.9 Å². The van der Waals surface area contributed by atoms with Gasteiger partial charge in [-0.25, -0.2) is 25.3 Å². The molecule has 0 aliphatic carbocycles. The molecule has 0 aromatic carbocycles. The van der Waals surface area contributed by atoms with Crippen molar-refractivity contribution in [3.63, 3.8) is 0 Å². The number of hydrogen-bond acceptors (Lipinski definition) is 7. The second kappa shape index (κ2) is 9.33. The van der Waals surface area contributed by atoms with Crippen LogP contribution in [0.4, 0.5) is 52.7 Å². The van der Waals surface area contributed by atoms with Crippen molar-refractivity contribution in [1.29, 1.82) is 0 Å². The number of hydrogen-bond donors (Lipinski definition) is 1. The zero-order valence-electron chi connectivity index (χ0n) is 16.3. The first-order valence-corrected chi connectivity index (χ1v) is 12.9. The van der Waals surface area contributed by atoms with Gasteiger partial charge in [0.1, 0.15) is 5.88 Å². The molecule has 0 atom stereocenters. The van der Waals surface area contributed by atoms with Crippen molar-refractivity contribution in [2.75, 3.05) is 38.6 Å². The number of alkyl halides is 12. The van der Waals surface area contributed by atoms with E-state index in [-0.39, 0.29) is 4.72 Å². The molecule has 1 rings (SSSR count). The topological polar surface area (TPSA) is 121 Å². The first-order chi connectivity index (χ1) is 15.1. The summed E-state index contributed by atoms with van der Waals surface area (Å²) in [5.74, 6) is -10.6. The Kier molecular flexibility index (Phi) is 8.50. The summed E-state index contributed by atoms with van der Waals surface area (Å²) in [5.41, 5.74) is -6.33. The Balaban J connectivity index is 3.23.